The molecule has 1 aromatic carbocycles. The van der Waals surface area contributed by atoms with Crippen molar-refractivity contribution in [1.29, 1.82) is 0 Å². The summed E-state index contributed by atoms with van der Waals surface area (Å²) in [6.07, 6.45) is -0.353. The van der Waals surface area contributed by atoms with Crippen molar-refractivity contribution < 1.29 is 26.0 Å². The van der Waals surface area contributed by atoms with E-state index in [9.17, 15) is 21.6 Å². The largest absolute Gasteiger partial charge is 0.511 e. The van der Waals surface area contributed by atoms with E-state index in [0.29, 0.717) is 6.42 Å². The number of sulfonamides is 1. The highest BCUT2D eigenvalue weighted by Gasteiger charge is 2.46. The van der Waals surface area contributed by atoms with Gasteiger partial charge >= 0.3 is 15.5 Å². The first kappa shape index (κ1) is 22.1. The first-order valence-corrected chi connectivity index (χ1v) is 12.3. The Morgan fingerprint density at radius 2 is 1.64 bits per heavy atom. The molecule has 25 heavy (non-hydrogen) atoms. The van der Waals surface area contributed by atoms with Crippen LogP contribution in [-0.4, -0.2) is 34.9 Å². The lowest BCUT2D eigenvalue weighted by molar-refractivity contribution is -0.0449. The van der Waals surface area contributed by atoms with Crippen LogP contribution in [0.5, 0.6) is 0 Å². The Bertz CT molecular complexity index is 655. The van der Waals surface area contributed by atoms with Gasteiger partial charge in [0.05, 0.1) is 6.10 Å². The lowest BCUT2D eigenvalue weighted by Crippen LogP contribution is -2.49. The Labute approximate surface area is 149 Å². The third kappa shape index (κ3) is 6.39. The highest BCUT2D eigenvalue weighted by Crippen LogP contribution is 2.37. The minimum Gasteiger partial charge on any atom is -0.412 e. The molecule has 0 bridgehead atoms. The molecular weight excluding hydrogens is 371 g/mol. The molecule has 0 aromatic heterocycles. The van der Waals surface area contributed by atoms with Crippen LogP contribution in [0.3, 0.4) is 0 Å². The molecule has 0 fully saturated rings. The number of hydrogen-bond acceptors (Lipinski definition) is 3. The molecule has 4 nitrogen and oxygen atoms in total. The molecule has 0 heterocycles. The van der Waals surface area contributed by atoms with E-state index in [1.54, 1.807) is 4.72 Å². The van der Waals surface area contributed by atoms with Gasteiger partial charge in [-0.25, -0.2) is 13.1 Å². The minimum atomic E-state index is -5.39. The first-order valence-electron chi connectivity index (χ1n) is 7.93. The van der Waals surface area contributed by atoms with Crippen LogP contribution in [0.4, 0.5) is 13.2 Å². The Balaban J connectivity index is 2.96. The number of halogens is 3. The fraction of sp³-hybridized carbons (Fsp3) is 0.625. The summed E-state index contributed by atoms with van der Waals surface area (Å²) >= 11 is 0. The first-order chi connectivity index (χ1) is 11.2. The van der Waals surface area contributed by atoms with Crippen molar-refractivity contribution in [3.63, 3.8) is 0 Å². The Morgan fingerprint density at radius 3 is 2.08 bits per heavy atom. The van der Waals surface area contributed by atoms with Gasteiger partial charge in [0.2, 0.25) is 0 Å². The van der Waals surface area contributed by atoms with Crippen LogP contribution in [0.25, 0.3) is 0 Å². The number of rotatable bonds is 7. The van der Waals surface area contributed by atoms with Crippen LogP contribution in [0, 0.1) is 0 Å². The quantitative estimate of drug-likeness (QED) is 0.706. The van der Waals surface area contributed by atoms with Crippen LogP contribution in [-0.2, 0) is 20.9 Å². The maximum absolute atomic E-state index is 12.6. The molecule has 0 amide bonds. The van der Waals surface area contributed by atoms with Crippen molar-refractivity contribution >= 4 is 18.3 Å². The smallest absolute Gasteiger partial charge is 0.412 e. The van der Waals surface area contributed by atoms with Crippen LogP contribution in [0.1, 0.15) is 26.3 Å². The van der Waals surface area contributed by atoms with Crippen molar-refractivity contribution in [3.05, 3.63) is 35.9 Å². The molecule has 1 aromatic rings. The Hall–Kier alpha value is -0.903. The monoisotopic (exact) mass is 397 g/mol. The maximum atomic E-state index is 12.6. The number of benzene rings is 1. The van der Waals surface area contributed by atoms with E-state index >= 15 is 0 Å². The van der Waals surface area contributed by atoms with Gasteiger partial charge in [0.25, 0.3) is 0 Å². The van der Waals surface area contributed by atoms with E-state index in [1.807, 2.05) is 64.2 Å². The molecule has 1 rings (SSSR count). The van der Waals surface area contributed by atoms with Gasteiger partial charge in [0, 0.05) is 6.54 Å². The molecule has 1 atom stereocenters. The van der Waals surface area contributed by atoms with E-state index in [0.717, 1.165) is 5.56 Å². The topological polar surface area (TPSA) is 55.4 Å². The molecule has 0 aliphatic rings. The average molecular weight is 398 g/mol. The third-order valence-corrected chi connectivity index (χ3v) is 10.1. The number of hydrogen-bond donors (Lipinski definition) is 1. The van der Waals surface area contributed by atoms with Gasteiger partial charge < -0.3 is 4.43 Å². The van der Waals surface area contributed by atoms with Gasteiger partial charge in [-0.3, -0.25) is 0 Å². The fourth-order valence-corrected chi connectivity index (χ4v) is 3.83. The second-order valence-electron chi connectivity index (χ2n) is 7.49. The number of alkyl halides is 3. The van der Waals surface area contributed by atoms with Gasteiger partial charge in [-0.15, -0.1) is 0 Å². The van der Waals surface area contributed by atoms with Gasteiger partial charge in [-0.05, 0) is 30.1 Å². The molecule has 1 N–H and O–H groups in total. The second-order valence-corrected chi connectivity index (χ2v) is 14.0. The summed E-state index contributed by atoms with van der Waals surface area (Å²) in [5.41, 5.74) is -4.46. The van der Waals surface area contributed by atoms with Crippen LogP contribution >= 0.6 is 0 Å². The van der Waals surface area contributed by atoms with Crippen LogP contribution in [0.15, 0.2) is 30.3 Å². The molecule has 0 aliphatic heterocycles. The summed E-state index contributed by atoms with van der Waals surface area (Å²) in [7, 11) is -7.67. The van der Waals surface area contributed by atoms with E-state index in [2.05, 4.69) is 0 Å². The molecule has 0 spiro atoms. The molecule has 0 saturated carbocycles. The zero-order valence-corrected chi connectivity index (χ0v) is 17.0. The van der Waals surface area contributed by atoms with E-state index < -0.39 is 36.5 Å². The normalized spacial score (nSPS) is 15.2. The summed E-state index contributed by atoms with van der Waals surface area (Å²) in [6.45, 7) is 9.56. The highest BCUT2D eigenvalue weighted by atomic mass is 32.2. The zero-order valence-electron chi connectivity index (χ0n) is 15.1. The van der Waals surface area contributed by atoms with E-state index in [-0.39, 0.29) is 5.04 Å². The summed E-state index contributed by atoms with van der Waals surface area (Å²) in [6, 6.07) is 9.14. The standard InChI is InChI=1S/C16H26F3NO3SSi/c1-15(2,3)25(4,5)23-14(11-13-9-7-6-8-10-13)12-20-24(21,22)16(17,18)19/h6-10,14,20H,11-12H2,1-5H3. The van der Waals surface area contributed by atoms with Crippen molar-refractivity contribution in [3.8, 4) is 0 Å². The lowest BCUT2D eigenvalue weighted by atomic mass is 10.1. The summed E-state index contributed by atoms with van der Waals surface area (Å²) in [5, 5.41) is -0.148. The second kappa shape index (κ2) is 7.77. The lowest BCUT2D eigenvalue weighted by Gasteiger charge is -2.39. The molecule has 0 aliphatic carbocycles. The Kier molecular flexibility index (Phi) is 6.88. The van der Waals surface area contributed by atoms with E-state index in [4.69, 9.17) is 4.43 Å². The van der Waals surface area contributed by atoms with Gasteiger partial charge in [-0.1, -0.05) is 51.1 Å². The van der Waals surface area contributed by atoms with Gasteiger partial charge in [0.1, 0.15) is 0 Å². The van der Waals surface area contributed by atoms with E-state index in [1.165, 1.54) is 0 Å². The van der Waals surface area contributed by atoms with Crippen LogP contribution in [0.2, 0.25) is 18.1 Å². The SMILES string of the molecule is CC(C)(C)[Si](C)(C)OC(CNS(=O)(=O)C(F)(F)F)Cc1ccccc1. The molecule has 0 saturated heterocycles. The minimum absolute atomic E-state index is 0.148. The Morgan fingerprint density at radius 1 is 1.12 bits per heavy atom. The van der Waals surface area contributed by atoms with Crippen molar-refractivity contribution in [1.82, 2.24) is 4.72 Å². The highest BCUT2D eigenvalue weighted by molar-refractivity contribution is 7.90. The third-order valence-electron chi connectivity index (χ3n) is 4.38. The maximum Gasteiger partial charge on any atom is 0.511 e. The fourth-order valence-electron chi connectivity index (χ4n) is 1.91. The average Bonchev–Trinajstić information content (AvgIpc) is 2.43. The molecule has 144 valence electrons. The molecule has 9 heteroatoms. The van der Waals surface area contributed by atoms with Crippen molar-refractivity contribution in [2.24, 2.45) is 0 Å². The summed E-state index contributed by atoms with van der Waals surface area (Å²) in [5.74, 6) is 0. The van der Waals surface area contributed by atoms with Crippen molar-refractivity contribution in [2.75, 3.05) is 6.54 Å². The predicted molar refractivity (Wildman–Crippen MR) is 95.2 cm³/mol. The number of nitrogens with one attached hydrogen (secondary N) is 1. The van der Waals surface area contributed by atoms with Gasteiger partial charge in [-0.2, -0.15) is 13.2 Å². The predicted octanol–water partition coefficient (Wildman–Crippen LogP) is 4.06. The summed E-state index contributed by atoms with van der Waals surface area (Å²) in [4.78, 5) is 0. The summed E-state index contributed by atoms with van der Waals surface area (Å²) < 4.78 is 68.0. The van der Waals surface area contributed by atoms with Gasteiger partial charge in [0.15, 0.2) is 8.32 Å². The van der Waals surface area contributed by atoms with Crippen molar-refractivity contribution in [2.45, 2.75) is 56.9 Å². The molecule has 0 radical (unpaired) electrons. The van der Waals surface area contributed by atoms with Crippen LogP contribution < -0.4 is 4.72 Å². The zero-order chi connectivity index (χ0) is 19.5. The molecular formula is C16H26F3NO3SSi. The molecule has 1 unspecified atom stereocenters.